The molecule has 1 aliphatic heterocycles. The lowest BCUT2D eigenvalue weighted by Crippen LogP contribution is -2.50. The summed E-state index contributed by atoms with van der Waals surface area (Å²) < 4.78 is 42.8. The van der Waals surface area contributed by atoms with Crippen molar-refractivity contribution >= 4 is 28.9 Å². The van der Waals surface area contributed by atoms with E-state index in [4.69, 9.17) is 0 Å². The van der Waals surface area contributed by atoms with Gasteiger partial charge in [-0.15, -0.1) is 0 Å². The van der Waals surface area contributed by atoms with Crippen LogP contribution < -0.4 is 9.80 Å². The minimum absolute atomic E-state index is 0.0153. The third-order valence-corrected chi connectivity index (χ3v) is 3.43. The van der Waals surface area contributed by atoms with Crippen LogP contribution in [0, 0.1) is 10.1 Å². The highest BCUT2D eigenvalue weighted by Crippen LogP contribution is 2.42. The van der Waals surface area contributed by atoms with Crippen molar-refractivity contribution in [2.45, 2.75) is 6.18 Å². The normalized spacial score (nSPS) is 14.2. The summed E-state index contributed by atoms with van der Waals surface area (Å²) in [5.74, 6) is -2.86. The van der Waals surface area contributed by atoms with Gasteiger partial charge in [-0.3, -0.25) is 24.6 Å². The topological polar surface area (TPSA) is 93.0 Å². The van der Waals surface area contributed by atoms with Crippen LogP contribution >= 0.6 is 0 Å². The molecule has 24 heavy (non-hydrogen) atoms. The average Bonchev–Trinajstić information content (AvgIpc) is 2.52. The average molecular weight is 347 g/mol. The fourth-order valence-corrected chi connectivity index (χ4v) is 2.39. The molecule has 0 saturated heterocycles. The number of nitro benzene ring substituents is 1. The molecule has 1 amide bonds. The minimum atomic E-state index is -5.18. The summed E-state index contributed by atoms with van der Waals surface area (Å²) >= 11 is 0. The van der Waals surface area contributed by atoms with Crippen molar-refractivity contribution in [3.05, 3.63) is 28.3 Å². The molecule has 8 nitrogen and oxygen atoms in total. The fraction of sp³-hybridized carbons (Fsp3) is 0.385. The number of carbonyl (C=O) groups is 2. The van der Waals surface area contributed by atoms with Crippen molar-refractivity contribution in [2.75, 3.05) is 36.5 Å². The van der Waals surface area contributed by atoms with Crippen LogP contribution in [0.25, 0.3) is 0 Å². The Kier molecular flexibility index (Phi) is 4.62. The largest absolute Gasteiger partial charge is 0.471 e. The monoisotopic (exact) mass is 347 g/mol. The first-order chi connectivity index (χ1) is 11.2. The highest BCUT2D eigenvalue weighted by Gasteiger charge is 2.46. The van der Waals surface area contributed by atoms with E-state index in [0.717, 1.165) is 13.2 Å². The van der Waals surface area contributed by atoms with E-state index in [0.29, 0.717) is 4.90 Å². The van der Waals surface area contributed by atoms with Crippen molar-refractivity contribution in [1.29, 1.82) is 0 Å². The molecule has 11 heteroatoms. The van der Waals surface area contributed by atoms with Crippen LogP contribution in [0.15, 0.2) is 18.2 Å². The lowest BCUT2D eigenvalue weighted by Gasteiger charge is -2.36. The Balaban J connectivity index is 2.55. The molecule has 0 unspecified atom stereocenters. The predicted molar refractivity (Wildman–Crippen MR) is 75.7 cm³/mol. The first-order valence-corrected chi connectivity index (χ1v) is 6.64. The van der Waals surface area contributed by atoms with Crippen LogP contribution in [-0.2, 0) is 14.3 Å². The van der Waals surface area contributed by atoms with Gasteiger partial charge in [-0.25, -0.2) is 0 Å². The molecule has 1 aromatic rings. The van der Waals surface area contributed by atoms with Crippen LogP contribution in [0.2, 0.25) is 0 Å². The van der Waals surface area contributed by atoms with E-state index in [1.807, 2.05) is 0 Å². The zero-order chi connectivity index (χ0) is 18.1. The predicted octanol–water partition coefficient (Wildman–Crippen LogP) is 1.48. The third-order valence-electron chi connectivity index (χ3n) is 3.43. The SMILES string of the molecule is COC(=O)CN1CCN(C(=O)C(F)(F)F)c2c1cccc2[N+](=O)[O-]. The smallest absolute Gasteiger partial charge is 0.468 e. The van der Waals surface area contributed by atoms with Crippen molar-refractivity contribution in [3.8, 4) is 0 Å². The Hall–Kier alpha value is -2.85. The number of para-hydroxylation sites is 1. The van der Waals surface area contributed by atoms with Gasteiger partial charge in [0.1, 0.15) is 12.2 Å². The molecule has 0 spiro atoms. The zero-order valence-corrected chi connectivity index (χ0v) is 12.4. The Morgan fingerprint density at radius 3 is 2.54 bits per heavy atom. The van der Waals surface area contributed by atoms with Crippen molar-refractivity contribution in [3.63, 3.8) is 0 Å². The van der Waals surface area contributed by atoms with Gasteiger partial charge in [0.25, 0.3) is 5.69 Å². The molecule has 1 aromatic carbocycles. The summed E-state index contributed by atoms with van der Waals surface area (Å²) in [6.45, 7) is -0.864. The molecule has 1 aliphatic rings. The van der Waals surface area contributed by atoms with Gasteiger partial charge in [-0.1, -0.05) is 6.07 Å². The Bertz CT molecular complexity index is 692. The van der Waals surface area contributed by atoms with Crippen LogP contribution in [-0.4, -0.2) is 49.7 Å². The summed E-state index contributed by atoms with van der Waals surface area (Å²) in [7, 11) is 1.14. The highest BCUT2D eigenvalue weighted by molar-refractivity contribution is 6.04. The van der Waals surface area contributed by atoms with Gasteiger partial charge >= 0.3 is 18.1 Å². The Morgan fingerprint density at radius 1 is 1.33 bits per heavy atom. The number of ether oxygens (including phenoxy) is 1. The van der Waals surface area contributed by atoms with E-state index in [1.165, 1.54) is 17.0 Å². The molecule has 2 rings (SSSR count). The van der Waals surface area contributed by atoms with Gasteiger partial charge in [0.05, 0.1) is 17.7 Å². The molecule has 0 bridgehead atoms. The second-order valence-electron chi connectivity index (χ2n) is 4.85. The van der Waals surface area contributed by atoms with E-state index >= 15 is 0 Å². The van der Waals surface area contributed by atoms with Crippen molar-refractivity contribution in [2.24, 2.45) is 0 Å². The number of carbonyl (C=O) groups excluding carboxylic acids is 2. The zero-order valence-electron chi connectivity index (χ0n) is 12.4. The van der Waals surface area contributed by atoms with Crippen molar-refractivity contribution < 1.29 is 32.4 Å². The maximum atomic E-state index is 12.8. The molecule has 0 fully saturated rings. The lowest BCUT2D eigenvalue weighted by atomic mass is 10.1. The molecule has 0 saturated carbocycles. The summed E-state index contributed by atoms with van der Waals surface area (Å²) in [6, 6.07) is 3.57. The summed E-state index contributed by atoms with van der Waals surface area (Å²) in [6.07, 6.45) is -5.18. The Labute approximate surface area is 133 Å². The van der Waals surface area contributed by atoms with E-state index < -0.39 is 40.9 Å². The van der Waals surface area contributed by atoms with Crippen LogP contribution in [0.5, 0.6) is 0 Å². The highest BCUT2D eigenvalue weighted by atomic mass is 19.4. The molecular weight excluding hydrogens is 335 g/mol. The number of benzene rings is 1. The fourth-order valence-electron chi connectivity index (χ4n) is 2.39. The number of nitro groups is 1. The summed E-state index contributed by atoms with van der Waals surface area (Å²) in [5.41, 5.74) is -1.15. The summed E-state index contributed by atoms with van der Waals surface area (Å²) in [5, 5.41) is 11.2. The molecule has 0 aliphatic carbocycles. The van der Waals surface area contributed by atoms with E-state index in [2.05, 4.69) is 4.74 Å². The molecule has 1 heterocycles. The van der Waals surface area contributed by atoms with Crippen molar-refractivity contribution in [1.82, 2.24) is 0 Å². The summed E-state index contributed by atoms with van der Waals surface area (Å²) in [4.78, 5) is 35.0. The number of rotatable bonds is 3. The van der Waals surface area contributed by atoms with E-state index in [1.54, 1.807) is 0 Å². The maximum Gasteiger partial charge on any atom is 0.471 e. The first kappa shape index (κ1) is 17.5. The maximum absolute atomic E-state index is 12.8. The van der Waals surface area contributed by atoms with Gasteiger partial charge in [-0.05, 0) is 6.07 Å². The van der Waals surface area contributed by atoms with E-state index in [-0.39, 0.29) is 18.8 Å². The second-order valence-corrected chi connectivity index (χ2v) is 4.85. The van der Waals surface area contributed by atoms with Gasteiger partial charge in [0.15, 0.2) is 0 Å². The van der Waals surface area contributed by atoms with Crippen LogP contribution in [0.3, 0.4) is 0 Å². The molecule has 0 N–H and O–H groups in total. The van der Waals surface area contributed by atoms with Gasteiger partial charge in [0.2, 0.25) is 0 Å². The molecule has 130 valence electrons. The number of halogens is 3. The number of hydrogen-bond donors (Lipinski definition) is 0. The number of methoxy groups -OCH3 is 1. The number of alkyl halides is 3. The number of nitrogens with zero attached hydrogens (tertiary/aromatic N) is 3. The number of amides is 1. The third kappa shape index (κ3) is 3.24. The quantitative estimate of drug-likeness (QED) is 0.467. The number of anilines is 2. The van der Waals surface area contributed by atoms with Crippen LogP contribution in [0.4, 0.5) is 30.2 Å². The minimum Gasteiger partial charge on any atom is -0.468 e. The van der Waals surface area contributed by atoms with Gasteiger partial charge in [0, 0.05) is 19.2 Å². The number of esters is 1. The van der Waals surface area contributed by atoms with Gasteiger partial charge in [-0.2, -0.15) is 13.2 Å². The molecule has 0 radical (unpaired) electrons. The number of hydrogen-bond acceptors (Lipinski definition) is 6. The van der Waals surface area contributed by atoms with E-state index in [9.17, 15) is 32.9 Å². The molecular formula is C13H12F3N3O5. The number of fused-ring (bicyclic) bond motifs is 1. The first-order valence-electron chi connectivity index (χ1n) is 6.64. The van der Waals surface area contributed by atoms with Crippen LogP contribution in [0.1, 0.15) is 0 Å². The van der Waals surface area contributed by atoms with Gasteiger partial charge < -0.3 is 9.64 Å². The molecule has 0 atom stereocenters. The standard InChI is InChI=1S/C13H12F3N3O5/c1-24-10(20)7-17-5-6-18(12(21)13(14,15)16)11-8(17)3-2-4-9(11)19(22)23/h2-4H,5-7H2,1H3. The second kappa shape index (κ2) is 6.34. The molecule has 0 aromatic heterocycles. The Morgan fingerprint density at radius 2 is 2.00 bits per heavy atom. The lowest BCUT2D eigenvalue weighted by molar-refractivity contribution is -0.384.